The lowest BCUT2D eigenvalue weighted by atomic mass is 10.00. The van der Waals surface area contributed by atoms with Crippen molar-refractivity contribution in [3.8, 4) is 0 Å². The molecule has 0 aliphatic carbocycles. The molecule has 1 N–H and O–H groups in total. The van der Waals surface area contributed by atoms with Crippen LogP contribution in [0.15, 0.2) is 29.3 Å². The summed E-state index contributed by atoms with van der Waals surface area (Å²) in [6.45, 7) is 12.0. The van der Waals surface area contributed by atoms with Crippen molar-refractivity contribution in [1.82, 2.24) is 10.2 Å². The molecule has 5 nitrogen and oxygen atoms in total. The molecule has 2 fully saturated rings. The topological polar surface area (TPSA) is 40.1 Å². The molecule has 5 heteroatoms. The van der Waals surface area contributed by atoms with Crippen molar-refractivity contribution < 1.29 is 4.74 Å². The first-order chi connectivity index (χ1) is 12.3. The van der Waals surface area contributed by atoms with E-state index >= 15 is 0 Å². The maximum atomic E-state index is 5.43. The predicted octanol–water partition coefficient (Wildman–Crippen LogP) is 2.72. The van der Waals surface area contributed by atoms with Gasteiger partial charge in [-0.25, -0.2) is 4.99 Å². The summed E-state index contributed by atoms with van der Waals surface area (Å²) in [5, 5.41) is 3.45. The summed E-state index contributed by atoms with van der Waals surface area (Å²) < 4.78 is 5.43. The van der Waals surface area contributed by atoms with Gasteiger partial charge in [-0.15, -0.1) is 0 Å². The number of anilines is 1. The fourth-order valence-corrected chi connectivity index (χ4v) is 3.45. The first kappa shape index (κ1) is 18.1. The van der Waals surface area contributed by atoms with E-state index in [1.807, 2.05) is 0 Å². The van der Waals surface area contributed by atoms with Gasteiger partial charge in [0.2, 0.25) is 0 Å². The molecule has 2 heterocycles. The maximum absolute atomic E-state index is 5.43. The van der Waals surface area contributed by atoms with Crippen LogP contribution < -0.4 is 10.2 Å². The van der Waals surface area contributed by atoms with Crippen LogP contribution in [-0.4, -0.2) is 56.8 Å². The van der Waals surface area contributed by atoms with Crippen molar-refractivity contribution in [1.29, 1.82) is 0 Å². The molecule has 1 aromatic carbocycles. The Balaban J connectivity index is 1.60. The summed E-state index contributed by atoms with van der Waals surface area (Å²) in [4.78, 5) is 9.67. The lowest BCUT2D eigenvalue weighted by Gasteiger charge is -2.33. The molecule has 0 saturated carbocycles. The molecule has 0 bridgehead atoms. The molecule has 1 aromatic rings. The summed E-state index contributed by atoms with van der Waals surface area (Å²) in [5.74, 6) is 1.90. The third-order valence-electron chi connectivity index (χ3n) is 5.14. The zero-order valence-corrected chi connectivity index (χ0v) is 15.7. The fourth-order valence-electron chi connectivity index (χ4n) is 3.45. The van der Waals surface area contributed by atoms with Crippen molar-refractivity contribution in [3.63, 3.8) is 0 Å². The molecule has 0 atom stereocenters. The van der Waals surface area contributed by atoms with Gasteiger partial charge in [0.25, 0.3) is 0 Å². The third-order valence-corrected chi connectivity index (χ3v) is 5.14. The quantitative estimate of drug-likeness (QED) is 0.673. The van der Waals surface area contributed by atoms with Crippen molar-refractivity contribution in [2.24, 2.45) is 10.9 Å². The first-order valence-corrected chi connectivity index (χ1v) is 9.71. The summed E-state index contributed by atoms with van der Waals surface area (Å²) in [5.41, 5.74) is 2.55. The fraction of sp³-hybridized carbons (Fsp3) is 0.650. The van der Waals surface area contributed by atoms with E-state index in [-0.39, 0.29) is 0 Å². The second-order valence-electron chi connectivity index (χ2n) is 7.11. The van der Waals surface area contributed by atoms with Crippen LogP contribution in [0.5, 0.6) is 0 Å². The second kappa shape index (κ2) is 9.09. The predicted molar refractivity (Wildman–Crippen MR) is 104 cm³/mol. The summed E-state index contributed by atoms with van der Waals surface area (Å²) >= 11 is 0. The lowest BCUT2D eigenvalue weighted by molar-refractivity contribution is 0.122. The Kier molecular flexibility index (Phi) is 6.56. The van der Waals surface area contributed by atoms with Gasteiger partial charge in [-0.05, 0) is 43.4 Å². The van der Waals surface area contributed by atoms with E-state index in [1.165, 1.54) is 24.1 Å². The summed E-state index contributed by atoms with van der Waals surface area (Å²) in [7, 11) is 0. The Bertz CT molecular complexity index is 543. The van der Waals surface area contributed by atoms with Gasteiger partial charge in [0.05, 0.1) is 19.8 Å². The van der Waals surface area contributed by atoms with E-state index < -0.39 is 0 Å². The van der Waals surface area contributed by atoms with Gasteiger partial charge >= 0.3 is 0 Å². The smallest absolute Gasteiger partial charge is 0.194 e. The lowest BCUT2D eigenvalue weighted by Crippen LogP contribution is -2.45. The Morgan fingerprint density at radius 3 is 2.44 bits per heavy atom. The van der Waals surface area contributed by atoms with Gasteiger partial charge in [-0.3, -0.25) is 0 Å². The number of benzene rings is 1. The molecule has 0 aromatic heterocycles. The zero-order chi connectivity index (χ0) is 17.5. The van der Waals surface area contributed by atoms with E-state index in [1.54, 1.807) is 0 Å². The molecule has 2 aliphatic heterocycles. The largest absolute Gasteiger partial charge is 0.378 e. The SMILES string of the molecule is CCNC(=NCc1ccc(N2CCOCC2)cc1)N1CCC(C)CC1. The number of nitrogens with one attached hydrogen (secondary N) is 1. The summed E-state index contributed by atoms with van der Waals surface area (Å²) in [6, 6.07) is 8.84. The van der Waals surface area contributed by atoms with E-state index in [9.17, 15) is 0 Å². The minimum Gasteiger partial charge on any atom is -0.378 e. The van der Waals surface area contributed by atoms with Crippen LogP contribution in [0, 0.1) is 5.92 Å². The number of rotatable bonds is 4. The van der Waals surface area contributed by atoms with Gasteiger partial charge in [0, 0.05) is 38.4 Å². The van der Waals surface area contributed by atoms with E-state index in [0.29, 0.717) is 0 Å². The molecule has 0 amide bonds. The van der Waals surface area contributed by atoms with Crippen LogP contribution in [0.4, 0.5) is 5.69 Å². The first-order valence-electron chi connectivity index (χ1n) is 9.71. The number of hydrogen-bond donors (Lipinski definition) is 1. The Morgan fingerprint density at radius 1 is 1.12 bits per heavy atom. The standard InChI is InChI=1S/C20H32N4O/c1-3-21-20(24-10-8-17(2)9-11-24)22-16-18-4-6-19(7-5-18)23-12-14-25-15-13-23/h4-7,17H,3,8-16H2,1-2H3,(H,21,22). The third kappa shape index (κ3) is 5.11. The van der Waals surface area contributed by atoms with Gasteiger partial charge < -0.3 is 19.9 Å². The maximum Gasteiger partial charge on any atom is 0.194 e. The van der Waals surface area contributed by atoms with Gasteiger partial charge in [-0.2, -0.15) is 0 Å². The molecule has 25 heavy (non-hydrogen) atoms. The van der Waals surface area contributed by atoms with Gasteiger partial charge in [0.1, 0.15) is 0 Å². The zero-order valence-electron chi connectivity index (χ0n) is 15.7. The number of hydrogen-bond acceptors (Lipinski definition) is 3. The average molecular weight is 345 g/mol. The Hall–Kier alpha value is -1.75. The number of nitrogens with zero attached hydrogens (tertiary/aromatic N) is 3. The molecule has 2 aliphatic rings. The van der Waals surface area contributed by atoms with Gasteiger partial charge in [0.15, 0.2) is 5.96 Å². The van der Waals surface area contributed by atoms with Crippen LogP contribution in [0.3, 0.4) is 0 Å². The van der Waals surface area contributed by atoms with Gasteiger partial charge in [-0.1, -0.05) is 19.1 Å². The number of ether oxygens (including phenoxy) is 1. The number of likely N-dealkylation sites (tertiary alicyclic amines) is 1. The molecule has 0 unspecified atom stereocenters. The number of piperidine rings is 1. The monoisotopic (exact) mass is 344 g/mol. The highest BCUT2D eigenvalue weighted by atomic mass is 16.5. The molecule has 0 radical (unpaired) electrons. The van der Waals surface area contributed by atoms with E-state index in [0.717, 1.165) is 64.4 Å². The average Bonchev–Trinajstić information content (AvgIpc) is 2.67. The van der Waals surface area contributed by atoms with Crippen molar-refractivity contribution >= 4 is 11.6 Å². The number of aliphatic imine (C=N–C) groups is 1. The van der Waals surface area contributed by atoms with Crippen LogP contribution in [0.2, 0.25) is 0 Å². The normalized spacial score (nSPS) is 20.0. The van der Waals surface area contributed by atoms with Crippen molar-refractivity contribution in [3.05, 3.63) is 29.8 Å². The number of morpholine rings is 1. The highest BCUT2D eigenvalue weighted by Gasteiger charge is 2.18. The van der Waals surface area contributed by atoms with Crippen LogP contribution in [0.1, 0.15) is 32.3 Å². The Morgan fingerprint density at radius 2 is 1.80 bits per heavy atom. The summed E-state index contributed by atoms with van der Waals surface area (Å²) in [6.07, 6.45) is 2.53. The Labute approximate surface area is 152 Å². The van der Waals surface area contributed by atoms with E-state index in [4.69, 9.17) is 9.73 Å². The van der Waals surface area contributed by atoms with Crippen LogP contribution in [0.25, 0.3) is 0 Å². The minimum atomic E-state index is 0.734. The molecular weight excluding hydrogens is 312 g/mol. The second-order valence-corrected chi connectivity index (χ2v) is 7.11. The highest BCUT2D eigenvalue weighted by Crippen LogP contribution is 2.18. The molecule has 138 valence electrons. The highest BCUT2D eigenvalue weighted by molar-refractivity contribution is 5.80. The molecule has 3 rings (SSSR count). The molecule has 2 saturated heterocycles. The van der Waals surface area contributed by atoms with Crippen molar-refractivity contribution in [2.75, 3.05) is 50.8 Å². The van der Waals surface area contributed by atoms with E-state index in [2.05, 4.69) is 53.2 Å². The molecule has 0 spiro atoms. The molecular formula is C20H32N4O. The minimum absolute atomic E-state index is 0.734. The van der Waals surface area contributed by atoms with Crippen molar-refractivity contribution in [2.45, 2.75) is 33.2 Å². The number of guanidine groups is 1. The van der Waals surface area contributed by atoms with Crippen LogP contribution in [-0.2, 0) is 11.3 Å². The van der Waals surface area contributed by atoms with Crippen LogP contribution >= 0.6 is 0 Å².